The second-order valence-electron chi connectivity index (χ2n) is 4.79. The fourth-order valence-corrected chi connectivity index (χ4v) is 3.57. The SMILES string of the molecule is CCC(O)CNS(=O)(=O)c1c(C)cc(C)c(N)c1C. The van der Waals surface area contributed by atoms with Crippen LogP contribution >= 0.6 is 0 Å². The number of nitrogens with two attached hydrogens (primary N) is 1. The van der Waals surface area contributed by atoms with Crippen LogP contribution < -0.4 is 10.5 Å². The highest BCUT2D eigenvalue weighted by Crippen LogP contribution is 2.27. The van der Waals surface area contributed by atoms with Gasteiger partial charge in [-0.1, -0.05) is 13.0 Å². The number of aliphatic hydroxyl groups is 1. The molecule has 1 aromatic carbocycles. The molecule has 0 aliphatic heterocycles. The predicted molar refractivity (Wildman–Crippen MR) is 76.6 cm³/mol. The van der Waals surface area contributed by atoms with Gasteiger partial charge in [0, 0.05) is 12.2 Å². The Balaban J connectivity index is 3.19. The van der Waals surface area contributed by atoms with E-state index in [2.05, 4.69) is 4.72 Å². The maximum atomic E-state index is 12.3. The first-order valence-electron chi connectivity index (χ1n) is 6.24. The van der Waals surface area contributed by atoms with Crippen LogP contribution in [-0.4, -0.2) is 26.2 Å². The topological polar surface area (TPSA) is 92.4 Å². The van der Waals surface area contributed by atoms with Crippen molar-refractivity contribution in [2.24, 2.45) is 0 Å². The van der Waals surface area contributed by atoms with Crippen LogP contribution in [0.4, 0.5) is 5.69 Å². The van der Waals surface area contributed by atoms with Crippen LogP contribution in [0.2, 0.25) is 0 Å². The second kappa shape index (κ2) is 5.90. The zero-order valence-corrected chi connectivity index (χ0v) is 12.6. The summed E-state index contributed by atoms with van der Waals surface area (Å²) in [7, 11) is -3.66. The standard InChI is InChI=1S/C13H22N2O3S/c1-5-11(16)7-15-19(17,18)13-9(3)6-8(2)12(14)10(13)4/h6,11,15-16H,5,7,14H2,1-4H3. The van der Waals surface area contributed by atoms with Crippen molar-refractivity contribution in [2.45, 2.75) is 45.1 Å². The van der Waals surface area contributed by atoms with Crippen molar-refractivity contribution in [3.8, 4) is 0 Å². The number of nitrogens with one attached hydrogen (secondary N) is 1. The van der Waals surface area contributed by atoms with Gasteiger partial charge >= 0.3 is 0 Å². The van der Waals surface area contributed by atoms with Crippen LogP contribution in [0, 0.1) is 20.8 Å². The first kappa shape index (κ1) is 15.9. The lowest BCUT2D eigenvalue weighted by Gasteiger charge is -2.16. The van der Waals surface area contributed by atoms with Crippen LogP contribution in [0.3, 0.4) is 0 Å². The van der Waals surface area contributed by atoms with Gasteiger partial charge in [-0.05, 0) is 43.9 Å². The van der Waals surface area contributed by atoms with Crippen molar-refractivity contribution in [1.82, 2.24) is 4.72 Å². The molecular weight excluding hydrogens is 264 g/mol. The van der Waals surface area contributed by atoms with E-state index < -0.39 is 16.1 Å². The molecule has 108 valence electrons. The third kappa shape index (κ3) is 3.46. The fourth-order valence-electron chi connectivity index (χ4n) is 2.02. The Morgan fingerprint density at radius 1 is 1.32 bits per heavy atom. The van der Waals surface area contributed by atoms with Gasteiger partial charge in [0.2, 0.25) is 10.0 Å². The summed E-state index contributed by atoms with van der Waals surface area (Å²) in [5.41, 5.74) is 8.45. The minimum absolute atomic E-state index is 0.00545. The number of aryl methyl sites for hydroxylation is 2. The van der Waals surface area contributed by atoms with Gasteiger partial charge in [0.25, 0.3) is 0 Å². The maximum absolute atomic E-state index is 12.3. The van der Waals surface area contributed by atoms with Crippen LogP contribution in [0.15, 0.2) is 11.0 Å². The van der Waals surface area contributed by atoms with Crippen LogP contribution in [-0.2, 0) is 10.0 Å². The van der Waals surface area contributed by atoms with E-state index in [0.717, 1.165) is 5.56 Å². The molecule has 0 aliphatic rings. The number of rotatable bonds is 5. The van der Waals surface area contributed by atoms with Crippen LogP contribution in [0.25, 0.3) is 0 Å². The molecule has 0 spiro atoms. The summed E-state index contributed by atoms with van der Waals surface area (Å²) in [5, 5.41) is 9.45. The van der Waals surface area contributed by atoms with E-state index in [0.29, 0.717) is 23.2 Å². The van der Waals surface area contributed by atoms with E-state index in [1.807, 2.05) is 6.92 Å². The summed E-state index contributed by atoms with van der Waals surface area (Å²) < 4.78 is 27.0. The molecule has 0 radical (unpaired) electrons. The Labute approximate surface area is 114 Å². The molecule has 1 rings (SSSR count). The zero-order valence-electron chi connectivity index (χ0n) is 11.8. The monoisotopic (exact) mass is 286 g/mol. The summed E-state index contributed by atoms with van der Waals surface area (Å²) in [6, 6.07) is 1.76. The van der Waals surface area contributed by atoms with E-state index >= 15 is 0 Å². The Morgan fingerprint density at radius 3 is 2.42 bits per heavy atom. The third-order valence-corrected chi connectivity index (χ3v) is 4.92. The first-order chi connectivity index (χ1) is 8.70. The average molecular weight is 286 g/mol. The highest BCUT2D eigenvalue weighted by Gasteiger charge is 2.22. The van der Waals surface area contributed by atoms with Crippen molar-refractivity contribution in [1.29, 1.82) is 0 Å². The van der Waals surface area contributed by atoms with Gasteiger partial charge < -0.3 is 10.8 Å². The van der Waals surface area contributed by atoms with Gasteiger partial charge in [0.05, 0.1) is 11.0 Å². The summed E-state index contributed by atoms with van der Waals surface area (Å²) in [4.78, 5) is 0.207. The molecule has 1 aromatic rings. The van der Waals surface area contributed by atoms with Gasteiger partial charge in [-0.25, -0.2) is 13.1 Å². The third-order valence-electron chi connectivity index (χ3n) is 3.21. The van der Waals surface area contributed by atoms with Gasteiger partial charge in [-0.3, -0.25) is 0 Å². The molecule has 0 saturated heterocycles. The lowest BCUT2D eigenvalue weighted by atomic mass is 10.1. The van der Waals surface area contributed by atoms with Crippen LogP contribution in [0.1, 0.15) is 30.0 Å². The van der Waals surface area contributed by atoms with Gasteiger partial charge in [0.15, 0.2) is 0 Å². The molecule has 0 saturated carbocycles. The predicted octanol–water partition coefficient (Wildman–Crippen LogP) is 1.24. The number of hydrogen-bond acceptors (Lipinski definition) is 4. The Kier molecular flexibility index (Phi) is 4.95. The molecule has 0 amide bonds. The smallest absolute Gasteiger partial charge is 0.241 e. The average Bonchev–Trinajstić information content (AvgIpc) is 2.33. The summed E-state index contributed by atoms with van der Waals surface area (Å²) >= 11 is 0. The van der Waals surface area contributed by atoms with Gasteiger partial charge in [-0.2, -0.15) is 0 Å². The number of benzene rings is 1. The minimum Gasteiger partial charge on any atom is -0.398 e. The van der Waals surface area contributed by atoms with E-state index in [9.17, 15) is 13.5 Å². The molecule has 6 heteroatoms. The molecular formula is C13H22N2O3S. The summed E-state index contributed by atoms with van der Waals surface area (Å²) in [5.74, 6) is 0. The van der Waals surface area contributed by atoms with Crippen molar-refractivity contribution in [3.63, 3.8) is 0 Å². The first-order valence-corrected chi connectivity index (χ1v) is 7.73. The van der Waals surface area contributed by atoms with E-state index in [4.69, 9.17) is 5.73 Å². The number of hydrogen-bond donors (Lipinski definition) is 3. The van der Waals surface area contributed by atoms with Gasteiger partial charge in [-0.15, -0.1) is 0 Å². The fraction of sp³-hybridized carbons (Fsp3) is 0.538. The Hall–Kier alpha value is -1.11. The summed E-state index contributed by atoms with van der Waals surface area (Å²) in [6.45, 7) is 7.08. The Morgan fingerprint density at radius 2 is 1.89 bits per heavy atom. The lowest BCUT2D eigenvalue weighted by molar-refractivity contribution is 0.174. The molecule has 4 N–H and O–H groups in total. The maximum Gasteiger partial charge on any atom is 0.241 e. The van der Waals surface area contributed by atoms with Gasteiger partial charge in [0.1, 0.15) is 0 Å². The summed E-state index contributed by atoms with van der Waals surface area (Å²) in [6.07, 6.45) is -0.186. The largest absolute Gasteiger partial charge is 0.398 e. The molecule has 0 aliphatic carbocycles. The van der Waals surface area contributed by atoms with Crippen molar-refractivity contribution < 1.29 is 13.5 Å². The van der Waals surface area contributed by atoms with Crippen molar-refractivity contribution >= 4 is 15.7 Å². The number of aliphatic hydroxyl groups excluding tert-OH is 1. The quantitative estimate of drug-likeness (QED) is 0.710. The van der Waals surface area contributed by atoms with Crippen molar-refractivity contribution in [3.05, 3.63) is 22.8 Å². The number of nitrogen functional groups attached to an aromatic ring is 1. The van der Waals surface area contributed by atoms with E-state index in [1.54, 1.807) is 26.8 Å². The normalized spacial score (nSPS) is 13.5. The molecule has 0 heterocycles. The molecule has 0 fully saturated rings. The Bertz CT molecular complexity index is 568. The molecule has 0 aromatic heterocycles. The second-order valence-corrected chi connectivity index (χ2v) is 6.50. The lowest BCUT2D eigenvalue weighted by Crippen LogP contribution is -2.32. The van der Waals surface area contributed by atoms with E-state index in [1.165, 1.54) is 0 Å². The highest BCUT2D eigenvalue weighted by atomic mass is 32.2. The molecule has 1 unspecified atom stereocenters. The number of sulfonamides is 1. The number of anilines is 1. The van der Waals surface area contributed by atoms with Crippen molar-refractivity contribution in [2.75, 3.05) is 12.3 Å². The molecule has 0 bridgehead atoms. The highest BCUT2D eigenvalue weighted by molar-refractivity contribution is 7.89. The van der Waals surface area contributed by atoms with E-state index in [-0.39, 0.29) is 11.4 Å². The minimum atomic E-state index is -3.66. The molecule has 5 nitrogen and oxygen atoms in total. The molecule has 19 heavy (non-hydrogen) atoms. The zero-order chi connectivity index (χ0) is 14.8. The molecule has 1 atom stereocenters. The van der Waals surface area contributed by atoms with Crippen LogP contribution in [0.5, 0.6) is 0 Å².